The first-order chi connectivity index (χ1) is 12.1. The number of hydrogen-bond donors (Lipinski definition) is 1. The van der Waals surface area contributed by atoms with Crippen molar-refractivity contribution in [2.45, 2.75) is 20.0 Å². The van der Waals surface area contributed by atoms with E-state index in [9.17, 15) is 4.79 Å². The van der Waals surface area contributed by atoms with Gasteiger partial charge in [-0.05, 0) is 32.0 Å². The summed E-state index contributed by atoms with van der Waals surface area (Å²) >= 11 is 0. The van der Waals surface area contributed by atoms with E-state index in [0.717, 1.165) is 5.75 Å². The highest BCUT2D eigenvalue weighted by atomic mass is 16.6. The number of para-hydroxylation sites is 2. The van der Waals surface area contributed by atoms with Crippen molar-refractivity contribution >= 4 is 17.0 Å². The molecule has 7 nitrogen and oxygen atoms in total. The lowest BCUT2D eigenvalue weighted by atomic mass is 10.1. The van der Waals surface area contributed by atoms with E-state index in [-0.39, 0.29) is 12.0 Å². The molecule has 7 heteroatoms. The van der Waals surface area contributed by atoms with Crippen molar-refractivity contribution in [2.24, 2.45) is 0 Å². The van der Waals surface area contributed by atoms with Crippen LogP contribution in [0.2, 0.25) is 0 Å². The van der Waals surface area contributed by atoms with Crippen LogP contribution < -0.4 is 14.8 Å². The predicted molar refractivity (Wildman–Crippen MR) is 90.0 cm³/mol. The van der Waals surface area contributed by atoms with Gasteiger partial charge in [0.05, 0.1) is 23.2 Å². The maximum absolute atomic E-state index is 12.6. The molecule has 3 aromatic rings. The maximum Gasteiger partial charge on any atom is 0.258 e. The third-order valence-electron chi connectivity index (χ3n) is 4.05. The van der Waals surface area contributed by atoms with Crippen LogP contribution in [0.4, 0.5) is 0 Å². The Bertz CT molecular complexity index is 951. The molecule has 1 atom stereocenters. The molecule has 3 heterocycles. The van der Waals surface area contributed by atoms with Gasteiger partial charge in [0.25, 0.3) is 11.6 Å². The molecule has 1 aliphatic rings. The average Bonchev–Trinajstić information content (AvgIpc) is 2.99. The molecule has 25 heavy (non-hydrogen) atoms. The molecule has 0 saturated carbocycles. The largest absolute Gasteiger partial charge is 0.486 e. The van der Waals surface area contributed by atoms with E-state index in [2.05, 4.69) is 15.5 Å². The Balaban J connectivity index is 1.49. The molecule has 0 aliphatic carbocycles. The molecule has 1 N–H and O–H groups in total. The Morgan fingerprint density at radius 3 is 2.92 bits per heavy atom. The lowest BCUT2D eigenvalue weighted by molar-refractivity contribution is 0.0790. The Labute approximate surface area is 143 Å². The second kappa shape index (κ2) is 6.08. The normalized spacial score (nSPS) is 16.0. The summed E-state index contributed by atoms with van der Waals surface area (Å²) in [5, 5.41) is 7.42. The zero-order valence-corrected chi connectivity index (χ0v) is 13.9. The molecule has 0 spiro atoms. The van der Waals surface area contributed by atoms with E-state index in [1.807, 2.05) is 31.2 Å². The molecule has 128 valence electrons. The van der Waals surface area contributed by atoms with Crippen molar-refractivity contribution in [1.29, 1.82) is 0 Å². The molecule has 2 aromatic heterocycles. The van der Waals surface area contributed by atoms with Gasteiger partial charge < -0.3 is 19.3 Å². The first kappa shape index (κ1) is 15.4. The Morgan fingerprint density at radius 2 is 2.08 bits per heavy atom. The van der Waals surface area contributed by atoms with Gasteiger partial charge in [-0.2, -0.15) is 0 Å². The van der Waals surface area contributed by atoms with Gasteiger partial charge in [-0.3, -0.25) is 4.79 Å². The molecule has 0 unspecified atom stereocenters. The lowest BCUT2D eigenvalue weighted by Gasteiger charge is -2.26. The molecule has 0 fully saturated rings. The monoisotopic (exact) mass is 339 g/mol. The number of amides is 1. The number of aryl methyl sites for hydroxylation is 2. The van der Waals surface area contributed by atoms with Gasteiger partial charge in [0, 0.05) is 5.69 Å². The number of nitrogens with zero attached hydrogens (tertiary/aromatic N) is 2. The molecule has 1 aliphatic heterocycles. The molecule has 1 aromatic carbocycles. The average molecular weight is 339 g/mol. The number of carbonyl (C=O) groups excluding carboxylic acids is 1. The fraction of sp³-hybridized carbons (Fsp3) is 0.278. The fourth-order valence-corrected chi connectivity index (χ4v) is 2.86. The van der Waals surface area contributed by atoms with Gasteiger partial charge in [-0.25, -0.2) is 4.98 Å². The zero-order chi connectivity index (χ0) is 17.4. The van der Waals surface area contributed by atoms with Crippen molar-refractivity contribution in [2.75, 3.05) is 13.2 Å². The number of benzene rings is 1. The highest BCUT2D eigenvalue weighted by Gasteiger charge is 2.23. The highest BCUT2D eigenvalue weighted by molar-refractivity contribution is 6.06. The summed E-state index contributed by atoms with van der Waals surface area (Å²) in [5.41, 5.74) is 2.20. The van der Waals surface area contributed by atoms with Crippen LogP contribution >= 0.6 is 0 Å². The summed E-state index contributed by atoms with van der Waals surface area (Å²) < 4.78 is 16.7. The molecule has 4 rings (SSSR count). The van der Waals surface area contributed by atoms with E-state index < -0.39 is 0 Å². The van der Waals surface area contributed by atoms with Gasteiger partial charge in [-0.1, -0.05) is 17.3 Å². The third kappa shape index (κ3) is 2.88. The zero-order valence-electron chi connectivity index (χ0n) is 13.9. The van der Waals surface area contributed by atoms with Crippen LogP contribution in [0.5, 0.6) is 11.5 Å². The van der Waals surface area contributed by atoms with Gasteiger partial charge in [0.2, 0.25) is 0 Å². The van der Waals surface area contributed by atoms with Gasteiger partial charge in [-0.15, -0.1) is 0 Å². The van der Waals surface area contributed by atoms with Crippen molar-refractivity contribution in [3.05, 3.63) is 47.3 Å². The molecular weight excluding hydrogens is 322 g/mol. The Morgan fingerprint density at radius 1 is 1.28 bits per heavy atom. The first-order valence-electron chi connectivity index (χ1n) is 8.02. The molecule has 0 radical (unpaired) electrons. The second-order valence-electron chi connectivity index (χ2n) is 5.97. The molecule has 0 saturated heterocycles. The highest BCUT2D eigenvalue weighted by Crippen LogP contribution is 2.30. The van der Waals surface area contributed by atoms with Crippen LogP contribution in [0.1, 0.15) is 21.7 Å². The minimum Gasteiger partial charge on any atom is -0.486 e. The number of carbonyl (C=O) groups is 1. The number of ether oxygens (including phenoxy) is 2. The van der Waals surface area contributed by atoms with E-state index in [1.54, 1.807) is 13.0 Å². The summed E-state index contributed by atoms with van der Waals surface area (Å²) in [6, 6.07) is 9.21. The summed E-state index contributed by atoms with van der Waals surface area (Å²) in [6.07, 6.45) is -0.249. The number of fused-ring (bicyclic) bond motifs is 2. The standard InChI is InChI=1S/C18H17N3O4/c1-10-7-13(16-11(2)21-25-18(16)20-10)17(22)19-8-12-9-23-14-5-3-4-6-15(14)24-12/h3-7,12H,8-9H2,1-2H3,(H,19,22)/t12-/m0/s1. The van der Waals surface area contributed by atoms with Crippen molar-refractivity contribution in [1.82, 2.24) is 15.5 Å². The number of hydrogen-bond acceptors (Lipinski definition) is 6. The SMILES string of the molecule is Cc1cc(C(=O)NC[C@H]2COc3ccccc3O2)c2c(C)noc2n1. The van der Waals surface area contributed by atoms with Crippen LogP contribution in [0.15, 0.2) is 34.9 Å². The Kier molecular flexibility index (Phi) is 3.76. The molecular formula is C18H17N3O4. The van der Waals surface area contributed by atoms with Crippen molar-refractivity contribution < 1.29 is 18.8 Å². The minimum atomic E-state index is -0.249. The van der Waals surface area contributed by atoms with Crippen molar-refractivity contribution in [3.63, 3.8) is 0 Å². The Hall–Kier alpha value is -3.09. The van der Waals surface area contributed by atoms with E-state index >= 15 is 0 Å². The van der Waals surface area contributed by atoms with E-state index in [4.69, 9.17) is 14.0 Å². The molecule has 0 bridgehead atoms. The van der Waals surface area contributed by atoms with E-state index in [1.165, 1.54) is 0 Å². The van der Waals surface area contributed by atoms with Gasteiger partial charge in [0.15, 0.2) is 11.5 Å². The van der Waals surface area contributed by atoms with Crippen LogP contribution in [0.3, 0.4) is 0 Å². The van der Waals surface area contributed by atoms with Crippen LogP contribution in [-0.4, -0.2) is 35.3 Å². The summed E-state index contributed by atoms with van der Waals surface area (Å²) in [5.74, 6) is 1.19. The topological polar surface area (TPSA) is 86.5 Å². The first-order valence-corrected chi connectivity index (χ1v) is 8.02. The predicted octanol–water partition coefficient (Wildman–Crippen LogP) is 2.41. The summed E-state index contributed by atoms with van der Waals surface area (Å²) in [6.45, 7) is 4.31. The number of rotatable bonds is 3. The smallest absolute Gasteiger partial charge is 0.258 e. The van der Waals surface area contributed by atoms with Crippen LogP contribution in [0, 0.1) is 13.8 Å². The quantitative estimate of drug-likeness (QED) is 0.788. The third-order valence-corrected chi connectivity index (χ3v) is 4.05. The minimum absolute atomic E-state index is 0.218. The fourth-order valence-electron chi connectivity index (χ4n) is 2.86. The lowest BCUT2D eigenvalue weighted by Crippen LogP contribution is -2.40. The van der Waals surface area contributed by atoms with Gasteiger partial charge >= 0.3 is 0 Å². The second-order valence-corrected chi connectivity index (χ2v) is 5.97. The van der Waals surface area contributed by atoms with Crippen LogP contribution in [-0.2, 0) is 0 Å². The summed E-state index contributed by atoms with van der Waals surface area (Å²) in [4.78, 5) is 16.9. The van der Waals surface area contributed by atoms with E-state index in [0.29, 0.717) is 47.0 Å². The molecule has 1 amide bonds. The summed E-state index contributed by atoms with van der Waals surface area (Å²) in [7, 11) is 0. The number of pyridine rings is 1. The maximum atomic E-state index is 12.6. The van der Waals surface area contributed by atoms with Gasteiger partial charge in [0.1, 0.15) is 12.7 Å². The van der Waals surface area contributed by atoms with Crippen molar-refractivity contribution in [3.8, 4) is 11.5 Å². The number of aromatic nitrogens is 2. The van der Waals surface area contributed by atoms with Crippen LogP contribution in [0.25, 0.3) is 11.1 Å². The number of nitrogens with one attached hydrogen (secondary N) is 1.